The molecule has 2 rings (SSSR count). The van der Waals surface area contributed by atoms with Crippen molar-refractivity contribution in [3.63, 3.8) is 0 Å². The largest absolute Gasteiger partial charge is 0.323 e. The van der Waals surface area contributed by atoms with Gasteiger partial charge in [-0.15, -0.1) is 0 Å². The lowest BCUT2D eigenvalue weighted by Crippen LogP contribution is -2.17. The van der Waals surface area contributed by atoms with Crippen LogP contribution in [0.4, 0.5) is 11.4 Å². The number of hydrazine groups is 1. The van der Waals surface area contributed by atoms with Crippen molar-refractivity contribution >= 4 is 28.9 Å². The van der Waals surface area contributed by atoms with Gasteiger partial charge in [-0.05, 0) is 36.8 Å². The SMILES string of the molecule is Cc1ccc(C(=O)Nc2ccccc2Cl)c(NN)c1. The third-order valence-corrected chi connectivity index (χ3v) is 3.03. The van der Waals surface area contributed by atoms with E-state index in [2.05, 4.69) is 10.7 Å². The Hall–Kier alpha value is -2.04. The highest BCUT2D eigenvalue weighted by molar-refractivity contribution is 6.34. The Labute approximate surface area is 116 Å². The second-order valence-electron chi connectivity index (χ2n) is 4.13. The molecule has 0 heterocycles. The van der Waals surface area contributed by atoms with Crippen LogP contribution in [0.5, 0.6) is 0 Å². The lowest BCUT2D eigenvalue weighted by atomic mass is 10.1. The minimum absolute atomic E-state index is 0.263. The van der Waals surface area contributed by atoms with Crippen molar-refractivity contribution in [1.29, 1.82) is 0 Å². The van der Waals surface area contributed by atoms with Crippen molar-refractivity contribution in [3.8, 4) is 0 Å². The number of rotatable bonds is 3. The normalized spacial score (nSPS) is 10.1. The minimum atomic E-state index is -0.263. The van der Waals surface area contributed by atoms with Gasteiger partial charge < -0.3 is 10.7 Å². The molecule has 0 fully saturated rings. The number of hydrogen-bond donors (Lipinski definition) is 3. The average Bonchev–Trinajstić information content (AvgIpc) is 2.41. The number of para-hydroxylation sites is 1. The fourth-order valence-corrected chi connectivity index (χ4v) is 1.91. The molecule has 4 N–H and O–H groups in total. The van der Waals surface area contributed by atoms with E-state index >= 15 is 0 Å². The monoisotopic (exact) mass is 275 g/mol. The number of amides is 1. The number of benzene rings is 2. The van der Waals surface area contributed by atoms with Gasteiger partial charge in [-0.2, -0.15) is 0 Å². The van der Waals surface area contributed by atoms with E-state index in [0.29, 0.717) is 22.0 Å². The molecule has 0 aromatic heterocycles. The van der Waals surface area contributed by atoms with Crippen LogP contribution in [0.1, 0.15) is 15.9 Å². The zero-order valence-corrected chi connectivity index (χ0v) is 11.2. The third kappa shape index (κ3) is 3.05. The van der Waals surface area contributed by atoms with Crippen LogP contribution in [-0.2, 0) is 0 Å². The maximum absolute atomic E-state index is 12.2. The van der Waals surface area contributed by atoms with E-state index in [1.165, 1.54) is 0 Å². The van der Waals surface area contributed by atoms with E-state index in [0.717, 1.165) is 5.56 Å². The number of nitrogens with two attached hydrogens (primary N) is 1. The molecule has 1 amide bonds. The molecule has 0 aliphatic carbocycles. The summed E-state index contributed by atoms with van der Waals surface area (Å²) in [5.41, 5.74) is 5.15. The minimum Gasteiger partial charge on any atom is -0.323 e. The van der Waals surface area contributed by atoms with Crippen LogP contribution in [0.2, 0.25) is 5.02 Å². The molecule has 0 saturated carbocycles. The number of halogens is 1. The standard InChI is InChI=1S/C14H14ClN3O/c1-9-6-7-10(13(8-9)18-16)14(19)17-12-5-3-2-4-11(12)15/h2-8,18H,16H2,1H3,(H,17,19). The summed E-state index contributed by atoms with van der Waals surface area (Å²) in [6.45, 7) is 1.93. The second-order valence-corrected chi connectivity index (χ2v) is 4.53. The highest BCUT2D eigenvalue weighted by atomic mass is 35.5. The van der Waals surface area contributed by atoms with Gasteiger partial charge in [0.2, 0.25) is 0 Å². The van der Waals surface area contributed by atoms with Crippen molar-refractivity contribution in [3.05, 3.63) is 58.6 Å². The van der Waals surface area contributed by atoms with Crippen molar-refractivity contribution < 1.29 is 4.79 Å². The molecule has 0 atom stereocenters. The maximum atomic E-state index is 12.2. The first-order chi connectivity index (χ1) is 9.11. The molecule has 0 bridgehead atoms. The summed E-state index contributed by atoms with van der Waals surface area (Å²) in [7, 11) is 0. The highest BCUT2D eigenvalue weighted by Gasteiger charge is 2.12. The topological polar surface area (TPSA) is 67.2 Å². The van der Waals surface area contributed by atoms with Crippen LogP contribution in [-0.4, -0.2) is 5.91 Å². The Morgan fingerprint density at radius 1 is 1.16 bits per heavy atom. The predicted molar refractivity (Wildman–Crippen MR) is 78.4 cm³/mol. The van der Waals surface area contributed by atoms with E-state index in [4.69, 9.17) is 17.4 Å². The van der Waals surface area contributed by atoms with Gasteiger partial charge in [-0.3, -0.25) is 10.6 Å². The van der Waals surface area contributed by atoms with Crippen molar-refractivity contribution in [1.82, 2.24) is 0 Å². The van der Waals surface area contributed by atoms with E-state index < -0.39 is 0 Å². The number of nitrogens with one attached hydrogen (secondary N) is 2. The molecule has 0 spiro atoms. The average molecular weight is 276 g/mol. The van der Waals surface area contributed by atoms with Gasteiger partial charge in [-0.1, -0.05) is 29.8 Å². The molecule has 19 heavy (non-hydrogen) atoms. The molecule has 0 radical (unpaired) electrons. The number of hydrogen-bond acceptors (Lipinski definition) is 3. The van der Waals surface area contributed by atoms with Gasteiger partial charge in [0.25, 0.3) is 5.91 Å². The Morgan fingerprint density at radius 2 is 1.89 bits per heavy atom. The second kappa shape index (κ2) is 5.73. The quantitative estimate of drug-likeness (QED) is 0.595. The summed E-state index contributed by atoms with van der Waals surface area (Å²) < 4.78 is 0. The molecule has 0 saturated heterocycles. The first kappa shape index (κ1) is 13.4. The maximum Gasteiger partial charge on any atom is 0.257 e. The molecule has 0 unspecified atom stereocenters. The molecule has 0 aliphatic rings. The van der Waals surface area contributed by atoms with Crippen LogP contribution in [0.3, 0.4) is 0 Å². The third-order valence-electron chi connectivity index (χ3n) is 2.70. The van der Waals surface area contributed by atoms with Crippen LogP contribution >= 0.6 is 11.6 Å². The Bertz CT molecular complexity index is 613. The highest BCUT2D eigenvalue weighted by Crippen LogP contribution is 2.23. The molecule has 2 aromatic rings. The van der Waals surface area contributed by atoms with Crippen LogP contribution < -0.4 is 16.6 Å². The number of nitrogen functional groups attached to an aromatic ring is 1. The molecular formula is C14H14ClN3O. The fourth-order valence-electron chi connectivity index (χ4n) is 1.73. The number of aryl methyl sites for hydroxylation is 1. The molecular weight excluding hydrogens is 262 g/mol. The van der Waals surface area contributed by atoms with Crippen LogP contribution in [0.15, 0.2) is 42.5 Å². The Morgan fingerprint density at radius 3 is 2.58 bits per heavy atom. The van der Waals surface area contributed by atoms with E-state index in [1.807, 2.05) is 19.1 Å². The van der Waals surface area contributed by atoms with Crippen molar-refractivity contribution in [2.24, 2.45) is 5.84 Å². The van der Waals surface area contributed by atoms with Gasteiger partial charge >= 0.3 is 0 Å². The van der Waals surface area contributed by atoms with Gasteiger partial charge in [0.1, 0.15) is 0 Å². The van der Waals surface area contributed by atoms with E-state index in [-0.39, 0.29) is 5.91 Å². The first-order valence-corrected chi connectivity index (χ1v) is 6.13. The predicted octanol–water partition coefficient (Wildman–Crippen LogP) is 3.19. The van der Waals surface area contributed by atoms with Gasteiger partial charge in [0.15, 0.2) is 0 Å². The molecule has 0 aliphatic heterocycles. The fraction of sp³-hybridized carbons (Fsp3) is 0.0714. The summed E-state index contributed by atoms with van der Waals surface area (Å²) in [6.07, 6.45) is 0. The Kier molecular flexibility index (Phi) is 4.04. The molecule has 5 heteroatoms. The van der Waals surface area contributed by atoms with Crippen LogP contribution in [0.25, 0.3) is 0 Å². The van der Waals surface area contributed by atoms with E-state index in [1.54, 1.807) is 30.3 Å². The smallest absolute Gasteiger partial charge is 0.257 e. The molecule has 2 aromatic carbocycles. The van der Waals surface area contributed by atoms with Crippen molar-refractivity contribution in [2.45, 2.75) is 6.92 Å². The van der Waals surface area contributed by atoms with Gasteiger partial charge in [0, 0.05) is 0 Å². The zero-order valence-electron chi connectivity index (χ0n) is 10.4. The first-order valence-electron chi connectivity index (χ1n) is 5.75. The summed E-state index contributed by atoms with van der Waals surface area (Å²) >= 11 is 6.00. The summed E-state index contributed by atoms with van der Waals surface area (Å²) in [6, 6.07) is 12.4. The lowest BCUT2D eigenvalue weighted by molar-refractivity contribution is 0.102. The Balaban J connectivity index is 2.28. The number of anilines is 2. The summed E-state index contributed by atoms with van der Waals surface area (Å²) in [5, 5.41) is 3.25. The zero-order chi connectivity index (χ0) is 13.8. The molecule has 4 nitrogen and oxygen atoms in total. The van der Waals surface area contributed by atoms with Gasteiger partial charge in [-0.25, -0.2) is 0 Å². The van der Waals surface area contributed by atoms with Crippen LogP contribution in [0, 0.1) is 6.92 Å². The summed E-state index contributed by atoms with van der Waals surface area (Å²) in [4.78, 5) is 12.2. The summed E-state index contributed by atoms with van der Waals surface area (Å²) in [5.74, 6) is 5.16. The van der Waals surface area contributed by atoms with Gasteiger partial charge in [0.05, 0.1) is 22.0 Å². The van der Waals surface area contributed by atoms with Crippen molar-refractivity contribution in [2.75, 3.05) is 10.7 Å². The lowest BCUT2D eigenvalue weighted by Gasteiger charge is -2.11. The number of carbonyl (C=O) groups is 1. The molecule has 98 valence electrons. The van der Waals surface area contributed by atoms with E-state index in [9.17, 15) is 4.79 Å². The number of carbonyl (C=O) groups excluding carboxylic acids is 1.